The molecule has 1 fully saturated rings. The monoisotopic (exact) mass is 378 g/mol. The Balaban J connectivity index is 1.95. The highest BCUT2D eigenvalue weighted by Gasteiger charge is 2.43. The van der Waals surface area contributed by atoms with Crippen LogP contribution in [0.2, 0.25) is 5.02 Å². The summed E-state index contributed by atoms with van der Waals surface area (Å²) in [7, 11) is 0. The molecule has 1 saturated carbocycles. The van der Waals surface area contributed by atoms with Crippen LogP contribution in [0.1, 0.15) is 64.4 Å². The van der Waals surface area contributed by atoms with Crippen LogP contribution in [-0.4, -0.2) is 17.2 Å². The molecule has 5 nitrogen and oxygen atoms in total. The molecule has 26 heavy (non-hydrogen) atoms. The van der Waals surface area contributed by atoms with Crippen molar-refractivity contribution in [1.82, 2.24) is 5.32 Å². The number of hydrogen-bond donors (Lipinski definition) is 1. The number of halogens is 1. The first-order chi connectivity index (χ1) is 12.5. The summed E-state index contributed by atoms with van der Waals surface area (Å²) >= 11 is 6.09. The quantitative estimate of drug-likeness (QED) is 0.487. The van der Waals surface area contributed by atoms with Gasteiger partial charge in [0.2, 0.25) is 5.75 Å². The molecule has 6 heteroatoms. The van der Waals surface area contributed by atoms with Gasteiger partial charge in [-0.15, -0.1) is 0 Å². The fourth-order valence-corrected chi connectivity index (χ4v) is 4.30. The van der Waals surface area contributed by atoms with Gasteiger partial charge < -0.3 is 4.74 Å². The molecular weight excluding hydrogens is 352 g/mol. The number of nitro groups is 1. The van der Waals surface area contributed by atoms with E-state index in [1.54, 1.807) is 6.07 Å². The normalized spacial score (nSPS) is 22.7. The third kappa shape index (κ3) is 3.74. The maximum Gasteiger partial charge on any atom is 0.313 e. The summed E-state index contributed by atoms with van der Waals surface area (Å²) in [4.78, 5) is 11.1. The Labute approximate surface area is 159 Å². The van der Waals surface area contributed by atoms with E-state index >= 15 is 0 Å². The summed E-state index contributed by atoms with van der Waals surface area (Å²) in [6.07, 6.45) is 9.42. The fraction of sp³-hybridized carbons (Fsp3) is 0.600. The number of rotatable bonds is 7. The van der Waals surface area contributed by atoms with Crippen molar-refractivity contribution in [1.29, 1.82) is 0 Å². The van der Waals surface area contributed by atoms with Gasteiger partial charge in [-0.1, -0.05) is 38.3 Å². The van der Waals surface area contributed by atoms with Gasteiger partial charge in [-0.05, 0) is 49.3 Å². The van der Waals surface area contributed by atoms with E-state index in [9.17, 15) is 10.1 Å². The lowest BCUT2D eigenvalue weighted by molar-refractivity contribution is -0.386. The largest absolute Gasteiger partial charge is 0.461 e. The van der Waals surface area contributed by atoms with E-state index in [1.165, 1.54) is 18.1 Å². The predicted molar refractivity (Wildman–Crippen MR) is 105 cm³/mol. The number of benzene rings is 1. The van der Waals surface area contributed by atoms with Crippen LogP contribution in [0.4, 0.5) is 5.69 Å². The van der Waals surface area contributed by atoms with E-state index in [0.717, 1.165) is 45.1 Å². The van der Waals surface area contributed by atoms with Gasteiger partial charge in [0, 0.05) is 29.6 Å². The third-order valence-electron chi connectivity index (χ3n) is 5.56. The topological polar surface area (TPSA) is 64.4 Å². The zero-order valence-electron chi connectivity index (χ0n) is 15.5. The Morgan fingerprint density at radius 2 is 2.19 bits per heavy atom. The second-order valence-electron chi connectivity index (χ2n) is 7.35. The van der Waals surface area contributed by atoms with Gasteiger partial charge in [0.25, 0.3) is 0 Å². The first-order valence-electron chi connectivity index (χ1n) is 9.62. The minimum Gasteiger partial charge on any atom is -0.461 e. The SMILES string of the molecule is CCCC(CC)CNC12CCCCC1=Cc1cc(Cl)cc([N+](=O)[O-])c1O2. The number of fused-ring (bicyclic) bond motifs is 2. The van der Waals surface area contributed by atoms with Crippen LogP contribution in [0, 0.1) is 16.0 Å². The summed E-state index contributed by atoms with van der Waals surface area (Å²) in [5.74, 6) is 0.920. The van der Waals surface area contributed by atoms with Gasteiger partial charge in [0.1, 0.15) is 0 Å². The molecule has 1 heterocycles. The lowest BCUT2D eigenvalue weighted by atomic mass is 9.82. The molecule has 3 rings (SSSR count). The molecule has 0 spiro atoms. The fourth-order valence-electron chi connectivity index (χ4n) is 4.08. The third-order valence-corrected chi connectivity index (χ3v) is 5.78. The number of nitro benzene ring substituents is 1. The Morgan fingerprint density at radius 3 is 2.88 bits per heavy atom. The van der Waals surface area contributed by atoms with Crippen LogP contribution in [0.15, 0.2) is 17.7 Å². The smallest absolute Gasteiger partial charge is 0.313 e. The predicted octanol–water partition coefficient (Wildman–Crippen LogP) is 5.71. The van der Waals surface area contributed by atoms with E-state index < -0.39 is 10.6 Å². The summed E-state index contributed by atoms with van der Waals surface area (Å²) in [6.45, 7) is 5.27. The second kappa shape index (κ2) is 7.97. The van der Waals surface area contributed by atoms with Crippen molar-refractivity contribution in [3.05, 3.63) is 38.4 Å². The number of ether oxygens (including phenoxy) is 1. The van der Waals surface area contributed by atoms with E-state index in [2.05, 4.69) is 19.2 Å². The first-order valence-corrected chi connectivity index (χ1v) is 10.00. The molecule has 0 radical (unpaired) electrons. The molecule has 1 aromatic rings. The zero-order chi connectivity index (χ0) is 18.7. The molecule has 2 aliphatic rings. The molecule has 1 aliphatic carbocycles. The average Bonchev–Trinajstić information content (AvgIpc) is 2.62. The van der Waals surface area contributed by atoms with Crippen molar-refractivity contribution in [3.8, 4) is 5.75 Å². The van der Waals surface area contributed by atoms with Gasteiger partial charge in [0.05, 0.1) is 4.92 Å². The number of nitrogens with zero attached hydrogens (tertiary/aromatic N) is 1. The van der Waals surface area contributed by atoms with E-state index in [0.29, 0.717) is 22.3 Å². The summed E-state index contributed by atoms with van der Waals surface area (Å²) < 4.78 is 6.36. The molecule has 1 aromatic carbocycles. The molecule has 0 bridgehead atoms. The lowest BCUT2D eigenvalue weighted by Crippen LogP contribution is -2.55. The van der Waals surface area contributed by atoms with Crippen molar-refractivity contribution < 1.29 is 9.66 Å². The zero-order valence-corrected chi connectivity index (χ0v) is 16.3. The van der Waals surface area contributed by atoms with Crippen LogP contribution in [-0.2, 0) is 0 Å². The summed E-state index contributed by atoms with van der Waals surface area (Å²) in [5, 5.41) is 15.5. The van der Waals surface area contributed by atoms with Crippen molar-refractivity contribution in [2.24, 2.45) is 5.92 Å². The molecule has 142 valence electrons. The standard InChI is InChI=1S/C20H27ClN2O3/c1-3-7-14(4-2)13-22-20-9-6-5-8-16(20)10-15-11-17(21)12-18(23(24)25)19(15)26-20/h10-12,14,22H,3-9,13H2,1-2H3. The minimum absolute atomic E-state index is 0.0600. The lowest BCUT2D eigenvalue weighted by Gasteiger charge is -2.43. The van der Waals surface area contributed by atoms with Crippen LogP contribution < -0.4 is 10.1 Å². The van der Waals surface area contributed by atoms with E-state index in [4.69, 9.17) is 16.3 Å². The van der Waals surface area contributed by atoms with Gasteiger partial charge in [-0.2, -0.15) is 0 Å². The highest BCUT2D eigenvalue weighted by Crippen LogP contribution is 2.47. The van der Waals surface area contributed by atoms with Crippen molar-refractivity contribution in [2.75, 3.05) is 6.54 Å². The summed E-state index contributed by atoms with van der Waals surface area (Å²) in [6, 6.07) is 3.13. The maximum absolute atomic E-state index is 11.5. The van der Waals surface area contributed by atoms with Crippen molar-refractivity contribution in [2.45, 2.75) is 64.5 Å². The Kier molecular flexibility index (Phi) is 5.88. The van der Waals surface area contributed by atoms with Crippen LogP contribution in [0.3, 0.4) is 0 Å². The Hall–Kier alpha value is -1.59. The molecular formula is C20H27ClN2O3. The molecule has 0 amide bonds. The maximum atomic E-state index is 11.5. The minimum atomic E-state index is -0.620. The molecule has 1 aliphatic heterocycles. The summed E-state index contributed by atoms with van der Waals surface area (Å²) in [5.41, 5.74) is 1.21. The molecule has 2 unspecified atom stereocenters. The average molecular weight is 379 g/mol. The number of nitrogens with one attached hydrogen (secondary N) is 1. The number of hydrogen-bond acceptors (Lipinski definition) is 4. The Bertz CT molecular complexity index is 719. The van der Waals surface area contributed by atoms with Gasteiger partial charge >= 0.3 is 5.69 Å². The second-order valence-corrected chi connectivity index (χ2v) is 7.79. The first kappa shape index (κ1) is 19.2. The van der Waals surface area contributed by atoms with Crippen LogP contribution >= 0.6 is 11.6 Å². The van der Waals surface area contributed by atoms with Gasteiger partial charge in [0.15, 0.2) is 5.72 Å². The highest BCUT2D eigenvalue weighted by atomic mass is 35.5. The van der Waals surface area contributed by atoms with Crippen molar-refractivity contribution in [3.63, 3.8) is 0 Å². The van der Waals surface area contributed by atoms with Crippen LogP contribution in [0.25, 0.3) is 6.08 Å². The highest BCUT2D eigenvalue weighted by molar-refractivity contribution is 6.31. The molecule has 0 aromatic heterocycles. The molecule has 2 atom stereocenters. The van der Waals surface area contributed by atoms with E-state index in [1.807, 2.05) is 6.08 Å². The van der Waals surface area contributed by atoms with E-state index in [-0.39, 0.29) is 5.69 Å². The van der Waals surface area contributed by atoms with Gasteiger partial charge in [-0.25, -0.2) is 0 Å². The molecule has 0 saturated heterocycles. The van der Waals surface area contributed by atoms with Crippen LogP contribution in [0.5, 0.6) is 5.75 Å². The molecule has 1 N–H and O–H groups in total. The van der Waals surface area contributed by atoms with Gasteiger partial charge in [-0.3, -0.25) is 15.4 Å². The van der Waals surface area contributed by atoms with Crippen molar-refractivity contribution >= 4 is 23.4 Å². The Morgan fingerprint density at radius 1 is 1.38 bits per heavy atom.